The number of halogens is 1. The number of hydrogen-bond acceptors (Lipinski definition) is 9. The number of ether oxygens (including phenoxy) is 2. The predicted octanol–water partition coefficient (Wildman–Crippen LogP) is 2.56. The molecule has 3 N–H and O–H groups in total. The van der Waals surface area contributed by atoms with E-state index >= 15 is 0 Å². The van der Waals surface area contributed by atoms with Crippen LogP contribution >= 0.6 is 19.3 Å². The van der Waals surface area contributed by atoms with Gasteiger partial charge in [-0.1, -0.05) is 32.0 Å². The van der Waals surface area contributed by atoms with Crippen LogP contribution in [0.2, 0.25) is 0 Å². The van der Waals surface area contributed by atoms with E-state index < -0.39 is 67.0 Å². The number of carbonyl (C=O) groups is 1. The maximum absolute atomic E-state index is 13.9. The third-order valence-electron chi connectivity index (χ3n) is 5.77. The number of esters is 1. The molecule has 0 saturated carbocycles. The molecule has 6 atom stereocenters. The van der Waals surface area contributed by atoms with Crippen LogP contribution in [0.5, 0.6) is 5.75 Å². The number of aliphatic hydroxyl groups is 1. The Bertz CT molecular complexity index is 1260. The first-order chi connectivity index (χ1) is 17.7. The molecule has 1 aromatic heterocycles. The lowest BCUT2D eigenvalue weighted by Gasteiger charge is -2.28. The lowest BCUT2D eigenvalue weighted by atomic mass is 10.0. The summed E-state index contributed by atoms with van der Waals surface area (Å²) in [6, 6.07) is 8.26. The summed E-state index contributed by atoms with van der Waals surface area (Å²) < 4.78 is 37.4. The Labute approximate surface area is 224 Å². The summed E-state index contributed by atoms with van der Waals surface area (Å²) in [5.74, 6) is -0.789. The monoisotopic (exact) mass is 573 g/mol. The second kappa shape index (κ2) is 12.1. The van der Waals surface area contributed by atoms with Gasteiger partial charge in [-0.15, -0.1) is 11.6 Å². The summed E-state index contributed by atoms with van der Waals surface area (Å²) in [4.78, 5) is 37.1. The standard InChI is InChI=1S/C24H33ClN3O9P/c1-14(2)19(21(31)35-15(3)4)27-38(33,37-16-9-7-6-8-10-16)34-13-17-20(30)24(5,25)22(36-17)28-12-11-18(29)26-23(28)32/h6-12,14-15,17,19-20,22,30H,13H2,1-5H3,(H,27,33)(H,26,29,32)/t17-,19+,20-,22-,24-,38+/m1/s1. The van der Waals surface area contributed by atoms with Gasteiger partial charge in [0.2, 0.25) is 0 Å². The molecule has 12 nitrogen and oxygen atoms in total. The average Bonchev–Trinajstić information content (AvgIpc) is 3.05. The molecular formula is C24H33ClN3O9P. The molecule has 210 valence electrons. The molecule has 1 aliphatic rings. The molecule has 0 amide bonds. The van der Waals surface area contributed by atoms with Gasteiger partial charge in [0.25, 0.3) is 5.56 Å². The van der Waals surface area contributed by atoms with Crippen molar-refractivity contribution in [3.05, 3.63) is 63.4 Å². The Morgan fingerprint density at radius 2 is 1.89 bits per heavy atom. The number of hydrogen-bond donors (Lipinski definition) is 3. The molecule has 0 spiro atoms. The summed E-state index contributed by atoms with van der Waals surface area (Å²) >= 11 is 6.56. The fourth-order valence-corrected chi connectivity index (χ4v) is 5.76. The summed E-state index contributed by atoms with van der Waals surface area (Å²) in [5.41, 5.74) is -1.40. The number of aromatic nitrogens is 2. The Hall–Kier alpha value is -2.47. The van der Waals surface area contributed by atoms with E-state index in [1.54, 1.807) is 58.0 Å². The van der Waals surface area contributed by atoms with Crippen LogP contribution in [0.1, 0.15) is 40.8 Å². The fraction of sp³-hybridized carbons (Fsp3) is 0.542. The zero-order valence-electron chi connectivity index (χ0n) is 21.7. The molecule has 0 aliphatic carbocycles. The van der Waals surface area contributed by atoms with Crippen LogP contribution < -0.4 is 20.9 Å². The van der Waals surface area contributed by atoms with E-state index in [0.29, 0.717) is 0 Å². The Balaban J connectivity index is 1.85. The van der Waals surface area contributed by atoms with Crippen molar-refractivity contribution < 1.29 is 33.0 Å². The van der Waals surface area contributed by atoms with Gasteiger partial charge in [-0.25, -0.2) is 9.36 Å². The van der Waals surface area contributed by atoms with Gasteiger partial charge >= 0.3 is 19.4 Å². The molecular weight excluding hydrogens is 541 g/mol. The van der Waals surface area contributed by atoms with Crippen molar-refractivity contribution in [3.8, 4) is 5.75 Å². The Morgan fingerprint density at radius 3 is 2.47 bits per heavy atom. The molecule has 0 radical (unpaired) electrons. The molecule has 0 bridgehead atoms. The van der Waals surface area contributed by atoms with Crippen LogP contribution in [0.25, 0.3) is 0 Å². The van der Waals surface area contributed by atoms with Crippen LogP contribution in [0.15, 0.2) is 52.2 Å². The predicted molar refractivity (Wildman–Crippen MR) is 139 cm³/mol. The lowest BCUT2D eigenvalue weighted by Crippen LogP contribution is -2.44. The first kappa shape index (κ1) is 30.1. The highest BCUT2D eigenvalue weighted by Gasteiger charge is 2.54. The maximum atomic E-state index is 13.9. The summed E-state index contributed by atoms with van der Waals surface area (Å²) in [7, 11) is -4.28. The number of carbonyl (C=O) groups excluding carboxylic acids is 1. The van der Waals surface area contributed by atoms with E-state index in [-0.39, 0.29) is 11.7 Å². The number of aromatic amines is 1. The molecule has 1 aromatic carbocycles. The number of nitrogens with zero attached hydrogens (tertiary/aromatic N) is 1. The van der Waals surface area contributed by atoms with E-state index in [4.69, 9.17) is 30.1 Å². The minimum atomic E-state index is -4.28. The van der Waals surface area contributed by atoms with E-state index in [9.17, 15) is 24.1 Å². The van der Waals surface area contributed by atoms with Crippen molar-refractivity contribution in [2.75, 3.05) is 6.61 Å². The van der Waals surface area contributed by atoms with Gasteiger partial charge < -0.3 is 19.1 Å². The van der Waals surface area contributed by atoms with Gasteiger partial charge in [-0.3, -0.25) is 23.7 Å². The van der Waals surface area contributed by atoms with Crippen LogP contribution in [0.3, 0.4) is 0 Å². The van der Waals surface area contributed by atoms with Gasteiger partial charge in [0, 0.05) is 12.3 Å². The van der Waals surface area contributed by atoms with Crippen molar-refractivity contribution in [2.45, 2.75) is 70.1 Å². The van der Waals surface area contributed by atoms with Gasteiger partial charge in [-0.2, -0.15) is 5.09 Å². The third-order valence-corrected chi connectivity index (χ3v) is 7.71. The van der Waals surface area contributed by atoms with Crippen LogP contribution in [-0.4, -0.2) is 56.5 Å². The smallest absolute Gasteiger partial charge is 0.459 e. The number of benzene rings is 1. The minimum Gasteiger partial charge on any atom is -0.462 e. The number of rotatable bonds is 11. The molecule has 1 saturated heterocycles. The molecule has 14 heteroatoms. The first-order valence-corrected chi connectivity index (χ1v) is 14.0. The van der Waals surface area contributed by atoms with Gasteiger partial charge in [0.15, 0.2) is 6.23 Å². The number of H-pyrrole nitrogens is 1. The quantitative estimate of drug-likeness (QED) is 0.207. The number of alkyl halides is 1. The van der Waals surface area contributed by atoms with Crippen molar-refractivity contribution in [3.63, 3.8) is 0 Å². The number of para-hydroxylation sites is 1. The van der Waals surface area contributed by atoms with Gasteiger partial charge in [-0.05, 0) is 38.8 Å². The largest absolute Gasteiger partial charge is 0.462 e. The fourth-order valence-electron chi connectivity index (χ4n) is 3.79. The molecule has 0 unspecified atom stereocenters. The Morgan fingerprint density at radius 1 is 1.24 bits per heavy atom. The van der Waals surface area contributed by atoms with E-state index in [1.165, 1.54) is 13.1 Å². The summed E-state index contributed by atoms with van der Waals surface area (Å²) in [6.45, 7) is 7.83. The summed E-state index contributed by atoms with van der Waals surface area (Å²) in [6.07, 6.45) is -2.94. The number of nitrogens with one attached hydrogen (secondary N) is 2. The highest BCUT2D eigenvalue weighted by Crippen LogP contribution is 2.48. The van der Waals surface area contributed by atoms with Crippen molar-refractivity contribution in [1.29, 1.82) is 0 Å². The topological polar surface area (TPSA) is 158 Å². The van der Waals surface area contributed by atoms with Crippen molar-refractivity contribution in [1.82, 2.24) is 14.6 Å². The number of aliphatic hydroxyl groups excluding tert-OH is 1. The highest BCUT2D eigenvalue weighted by atomic mass is 35.5. The first-order valence-electron chi connectivity index (χ1n) is 12.0. The van der Waals surface area contributed by atoms with E-state index in [0.717, 1.165) is 10.6 Å². The normalized spacial score (nSPS) is 25.8. The van der Waals surface area contributed by atoms with Crippen molar-refractivity contribution in [2.24, 2.45) is 5.92 Å². The van der Waals surface area contributed by atoms with Gasteiger partial charge in [0.1, 0.15) is 28.9 Å². The molecule has 2 aromatic rings. The average molecular weight is 574 g/mol. The van der Waals surface area contributed by atoms with Crippen LogP contribution in [0, 0.1) is 5.92 Å². The van der Waals surface area contributed by atoms with Crippen LogP contribution in [0.4, 0.5) is 0 Å². The molecule has 1 aliphatic heterocycles. The van der Waals surface area contributed by atoms with Crippen molar-refractivity contribution >= 4 is 25.3 Å². The minimum absolute atomic E-state index is 0.204. The molecule has 3 rings (SSSR count). The van der Waals surface area contributed by atoms with Crippen LogP contribution in [-0.2, 0) is 23.4 Å². The highest BCUT2D eigenvalue weighted by molar-refractivity contribution is 7.52. The molecule has 38 heavy (non-hydrogen) atoms. The van der Waals surface area contributed by atoms with Gasteiger partial charge in [0.05, 0.1) is 12.7 Å². The summed E-state index contributed by atoms with van der Waals surface area (Å²) in [5, 5.41) is 13.6. The maximum Gasteiger partial charge on any atom is 0.459 e. The molecule has 1 fully saturated rings. The second-order valence-electron chi connectivity index (χ2n) is 9.67. The van der Waals surface area contributed by atoms with E-state index in [2.05, 4.69) is 10.1 Å². The second-order valence-corrected chi connectivity index (χ2v) is 12.2. The third kappa shape index (κ3) is 7.13. The Kier molecular flexibility index (Phi) is 9.62. The SMILES string of the molecule is CC(C)OC(=O)[C@@H](N[P@](=O)(OC[C@H]1O[C@@H](n2ccc(=O)[nH]c2=O)[C@](C)(Cl)[C@@H]1O)Oc1ccccc1)C(C)C. The zero-order valence-corrected chi connectivity index (χ0v) is 23.3. The zero-order chi connectivity index (χ0) is 28.3. The van der Waals surface area contributed by atoms with E-state index in [1.807, 2.05) is 0 Å². The molecule has 2 heterocycles. The lowest BCUT2D eigenvalue weighted by molar-refractivity contribution is -0.150.